The molecule has 12 heavy (non-hydrogen) atoms. The number of aliphatic hydroxyl groups excluding tert-OH is 1. The van der Waals surface area contributed by atoms with Gasteiger partial charge in [0.1, 0.15) is 0 Å². The van der Waals surface area contributed by atoms with Crippen LogP contribution in [0.2, 0.25) is 0 Å². The van der Waals surface area contributed by atoms with Crippen LogP contribution in [0.25, 0.3) is 0 Å². The molecule has 68 valence electrons. The molecule has 0 amide bonds. The van der Waals surface area contributed by atoms with E-state index in [1.165, 1.54) is 12.8 Å². The molecule has 2 rings (SSSR count). The zero-order valence-electron chi connectivity index (χ0n) is 7.44. The maximum Gasteiger partial charge on any atom is 0.0835 e. The van der Waals surface area contributed by atoms with Gasteiger partial charge in [-0.3, -0.25) is 0 Å². The van der Waals surface area contributed by atoms with Crippen molar-refractivity contribution in [3.63, 3.8) is 0 Å². The Morgan fingerprint density at radius 2 is 2.33 bits per heavy atom. The van der Waals surface area contributed by atoms with Gasteiger partial charge in [0, 0.05) is 7.11 Å². The second-order valence-electron chi connectivity index (χ2n) is 3.90. The predicted octanol–water partition coefficient (Wildman–Crippen LogP) is 1.21. The summed E-state index contributed by atoms with van der Waals surface area (Å²) < 4.78 is 5.25. The van der Waals surface area contributed by atoms with E-state index in [0.29, 0.717) is 11.8 Å². The van der Waals surface area contributed by atoms with E-state index in [-0.39, 0.29) is 12.7 Å². The summed E-state index contributed by atoms with van der Waals surface area (Å²) in [6.07, 6.45) is 7.15. The Bertz CT molecular complexity index is 184. The maximum atomic E-state index is 9.07. The molecule has 2 aliphatic rings. The van der Waals surface area contributed by atoms with E-state index in [9.17, 15) is 0 Å². The lowest BCUT2D eigenvalue weighted by Crippen LogP contribution is -2.29. The van der Waals surface area contributed by atoms with Crippen molar-refractivity contribution in [2.45, 2.75) is 18.9 Å². The minimum absolute atomic E-state index is 0.0601. The molecule has 4 atom stereocenters. The van der Waals surface area contributed by atoms with Crippen LogP contribution in [0.5, 0.6) is 0 Å². The lowest BCUT2D eigenvalue weighted by molar-refractivity contribution is -0.000371. The van der Waals surface area contributed by atoms with Crippen LogP contribution in [0.3, 0.4) is 0 Å². The van der Waals surface area contributed by atoms with E-state index >= 15 is 0 Å². The summed E-state index contributed by atoms with van der Waals surface area (Å²) in [6.45, 7) is 0.165. The molecule has 1 saturated carbocycles. The largest absolute Gasteiger partial charge is 0.394 e. The van der Waals surface area contributed by atoms with Gasteiger partial charge in [-0.05, 0) is 30.6 Å². The topological polar surface area (TPSA) is 29.5 Å². The molecule has 1 N–H and O–H groups in total. The third kappa shape index (κ3) is 1.19. The van der Waals surface area contributed by atoms with Crippen LogP contribution < -0.4 is 0 Å². The highest BCUT2D eigenvalue weighted by molar-refractivity contribution is 5.11. The normalized spacial score (nSPS) is 40.7. The molecule has 4 unspecified atom stereocenters. The first-order valence-corrected chi connectivity index (χ1v) is 4.67. The van der Waals surface area contributed by atoms with Crippen LogP contribution in [0.15, 0.2) is 12.2 Å². The minimum Gasteiger partial charge on any atom is -0.394 e. The zero-order valence-corrected chi connectivity index (χ0v) is 7.44. The van der Waals surface area contributed by atoms with Crippen molar-refractivity contribution in [2.75, 3.05) is 13.7 Å². The standard InChI is InChI=1S/C10H16O2/c1-12-10(6-11)9-5-7-2-3-8(9)4-7/h2-3,7-11H,4-6H2,1H3. The monoisotopic (exact) mass is 168 g/mol. The number of methoxy groups -OCH3 is 1. The highest BCUT2D eigenvalue weighted by atomic mass is 16.5. The summed E-state index contributed by atoms with van der Waals surface area (Å²) in [7, 11) is 1.69. The van der Waals surface area contributed by atoms with Crippen LogP contribution >= 0.6 is 0 Å². The number of rotatable bonds is 3. The van der Waals surface area contributed by atoms with Crippen LogP contribution in [0.4, 0.5) is 0 Å². The molecular formula is C10H16O2. The Morgan fingerprint density at radius 1 is 1.50 bits per heavy atom. The quantitative estimate of drug-likeness (QED) is 0.642. The molecule has 0 aliphatic heterocycles. The first-order valence-electron chi connectivity index (χ1n) is 4.67. The van der Waals surface area contributed by atoms with Gasteiger partial charge in [0.15, 0.2) is 0 Å². The van der Waals surface area contributed by atoms with Crippen LogP contribution in [-0.2, 0) is 4.74 Å². The molecule has 1 fully saturated rings. The molecule has 0 heterocycles. The smallest absolute Gasteiger partial charge is 0.0835 e. The Kier molecular flexibility index (Phi) is 2.20. The molecule has 0 aromatic heterocycles. The summed E-state index contributed by atoms with van der Waals surface area (Å²) in [6, 6.07) is 0. The zero-order chi connectivity index (χ0) is 8.55. The Hall–Kier alpha value is -0.340. The van der Waals surface area contributed by atoms with Gasteiger partial charge in [0.2, 0.25) is 0 Å². The van der Waals surface area contributed by atoms with Crippen molar-refractivity contribution >= 4 is 0 Å². The minimum atomic E-state index is 0.0601. The molecule has 2 aliphatic carbocycles. The van der Waals surface area contributed by atoms with E-state index < -0.39 is 0 Å². The van der Waals surface area contributed by atoms with Crippen molar-refractivity contribution in [3.8, 4) is 0 Å². The van der Waals surface area contributed by atoms with Crippen molar-refractivity contribution in [2.24, 2.45) is 17.8 Å². The van der Waals surface area contributed by atoms with Crippen LogP contribution in [0.1, 0.15) is 12.8 Å². The molecular weight excluding hydrogens is 152 g/mol. The van der Waals surface area contributed by atoms with Crippen molar-refractivity contribution in [1.29, 1.82) is 0 Å². The Morgan fingerprint density at radius 3 is 2.75 bits per heavy atom. The first-order chi connectivity index (χ1) is 5.85. The van der Waals surface area contributed by atoms with Gasteiger partial charge >= 0.3 is 0 Å². The summed E-state index contributed by atoms with van der Waals surface area (Å²) in [5.41, 5.74) is 0. The highest BCUT2D eigenvalue weighted by Crippen LogP contribution is 2.45. The van der Waals surface area contributed by atoms with Crippen molar-refractivity contribution in [3.05, 3.63) is 12.2 Å². The fourth-order valence-electron chi connectivity index (χ4n) is 2.64. The first kappa shape index (κ1) is 8.27. The van der Waals surface area contributed by atoms with Crippen LogP contribution in [0, 0.1) is 17.8 Å². The number of fused-ring (bicyclic) bond motifs is 2. The average Bonchev–Trinajstić information content (AvgIpc) is 2.67. The van der Waals surface area contributed by atoms with E-state index in [4.69, 9.17) is 9.84 Å². The average molecular weight is 168 g/mol. The third-order valence-corrected chi connectivity index (χ3v) is 3.29. The summed E-state index contributed by atoms with van der Waals surface area (Å²) >= 11 is 0. The number of hydrogen-bond acceptors (Lipinski definition) is 2. The number of hydrogen-bond donors (Lipinski definition) is 1. The second-order valence-corrected chi connectivity index (χ2v) is 3.90. The predicted molar refractivity (Wildman–Crippen MR) is 46.7 cm³/mol. The molecule has 0 aromatic carbocycles. The van der Waals surface area contributed by atoms with Gasteiger partial charge < -0.3 is 9.84 Å². The van der Waals surface area contributed by atoms with Gasteiger partial charge in [-0.2, -0.15) is 0 Å². The number of aliphatic hydroxyl groups is 1. The lowest BCUT2D eigenvalue weighted by Gasteiger charge is -2.25. The van der Waals surface area contributed by atoms with Gasteiger partial charge in [0.05, 0.1) is 12.7 Å². The fourth-order valence-corrected chi connectivity index (χ4v) is 2.64. The SMILES string of the molecule is COC(CO)C1CC2C=CC1C2. The van der Waals surface area contributed by atoms with E-state index in [1.807, 2.05) is 0 Å². The van der Waals surface area contributed by atoms with Gasteiger partial charge in [-0.25, -0.2) is 0 Å². The van der Waals surface area contributed by atoms with E-state index in [2.05, 4.69) is 12.2 Å². The van der Waals surface area contributed by atoms with Crippen molar-refractivity contribution in [1.82, 2.24) is 0 Å². The van der Waals surface area contributed by atoms with Crippen molar-refractivity contribution < 1.29 is 9.84 Å². The molecule has 0 aromatic rings. The van der Waals surface area contributed by atoms with Gasteiger partial charge in [-0.1, -0.05) is 12.2 Å². The molecule has 2 nitrogen and oxygen atoms in total. The summed E-state index contributed by atoms with van der Waals surface area (Å²) in [5.74, 6) is 2.01. The maximum absolute atomic E-state index is 9.07. The van der Waals surface area contributed by atoms with Gasteiger partial charge in [0.25, 0.3) is 0 Å². The molecule has 0 radical (unpaired) electrons. The van der Waals surface area contributed by atoms with Crippen LogP contribution in [-0.4, -0.2) is 24.9 Å². The molecule has 0 saturated heterocycles. The lowest BCUT2D eigenvalue weighted by atomic mass is 9.89. The molecule has 2 bridgehead atoms. The number of allylic oxidation sites excluding steroid dienone is 2. The summed E-state index contributed by atoms with van der Waals surface area (Å²) in [4.78, 5) is 0. The molecule has 0 spiro atoms. The van der Waals surface area contributed by atoms with E-state index in [0.717, 1.165) is 5.92 Å². The van der Waals surface area contributed by atoms with E-state index in [1.54, 1.807) is 7.11 Å². The Balaban J connectivity index is 2.01. The summed E-state index contributed by atoms with van der Waals surface area (Å²) in [5, 5.41) is 9.07. The Labute approximate surface area is 73.2 Å². The number of ether oxygens (including phenoxy) is 1. The third-order valence-electron chi connectivity index (χ3n) is 3.29. The fraction of sp³-hybridized carbons (Fsp3) is 0.800. The second kappa shape index (κ2) is 3.19. The van der Waals surface area contributed by atoms with Gasteiger partial charge in [-0.15, -0.1) is 0 Å². The molecule has 2 heteroatoms. The highest BCUT2D eigenvalue weighted by Gasteiger charge is 2.39.